The summed E-state index contributed by atoms with van der Waals surface area (Å²) in [5, 5.41) is 18.0. The lowest BCUT2D eigenvalue weighted by Crippen LogP contribution is -1.96. The Morgan fingerprint density at radius 1 is 1.09 bits per heavy atom. The molecule has 0 saturated carbocycles. The summed E-state index contributed by atoms with van der Waals surface area (Å²) >= 11 is 0. The van der Waals surface area contributed by atoms with Crippen LogP contribution in [-0.4, -0.2) is 15.7 Å². The normalized spacial score (nSPS) is 11.2. The molecular formula is C17H16N6. The third-order valence-electron chi connectivity index (χ3n) is 3.50. The van der Waals surface area contributed by atoms with Gasteiger partial charge >= 0.3 is 0 Å². The van der Waals surface area contributed by atoms with E-state index in [-0.39, 0.29) is 0 Å². The third kappa shape index (κ3) is 3.06. The molecule has 0 aliphatic heterocycles. The molecule has 1 aromatic carbocycles. The fourth-order valence-corrected chi connectivity index (χ4v) is 2.20. The standard InChI is InChI=1S/C17H16N6/c1-2-14(18)12-7-8-15(20-10-12)22-23-16-13-6-4-3-5-11(13)9-21-17(16)19/h3-10,18H,2H2,1H3,(H2,19,21). The van der Waals surface area contributed by atoms with Crippen LogP contribution in [0.15, 0.2) is 59.0 Å². The van der Waals surface area contributed by atoms with Crippen LogP contribution in [0, 0.1) is 5.41 Å². The molecule has 0 fully saturated rings. The first-order chi connectivity index (χ1) is 11.2. The average molecular weight is 304 g/mol. The van der Waals surface area contributed by atoms with Gasteiger partial charge in [-0.2, -0.15) is 0 Å². The van der Waals surface area contributed by atoms with Gasteiger partial charge in [-0.15, -0.1) is 10.2 Å². The molecular weight excluding hydrogens is 288 g/mol. The fourth-order valence-electron chi connectivity index (χ4n) is 2.20. The maximum Gasteiger partial charge on any atom is 0.174 e. The number of hydrogen-bond acceptors (Lipinski definition) is 6. The Balaban J connectivity index is 1.94. The van der Waals surface area contributed by atoms with Crippen molar-refractivity contribution in [2.45, 2.75) is 13.3 Å². The molecule has 0 amide bonds. The summed E-state index contributed by atoms with van der Waals surface area (Å²) in [5.41, 5.74) is 7.79. The number of nitrogens with two attached hydrogens (primary N) is 1. The van der Waals surface area contributed by atoms with Gasteiger partial charge in [-0.05, 0) is 18.6 Å². The minimum Gasteiger partial charge on any atom is -0.382 e. The number of azo groups is 1. The number of pyridine rings is 2. The molecule has 6 heteroatoms. The van der Waals surface area contributed by atoms with Crippen molar-refractivity contribution in [1.29, 1.82) is 5.41 Å². The zero-order valence-electron chi connectivity index (χ0n) is 12.7. The molecule has 0 aliphatic carbocycles. The number of fused-ring (bicyclic) bond motifs is 1. The minimum absolute atomic E-state index is 0.330. The van der Waals surface area contributed by atoms with Crippen LogP contribution in [0.5, 0.6) is 0 Å². The van der Waals surface area contributed by atoms with E-state index in [4.69, 9.17) is 11.1 Å². The van der Waals surface area contributed by atoms with E-state index in [9.17, 15) is 0 Å². The molecule has 2 heterocycles. The highest BCUT2D eigenvalue weighted by atomic mass is 15.2. The second-order valence-corrected chi connectivity index (χ2v) is 5.02. The Kier molecular flexibility index (Phi) is 4.05. The topological polar surface area (TPSA) is 100 Å². The number of nitrogen functional groups attached to an aromatic ring is 1. The highest BCUT2D eigenvalue weighted by Gasteiger charge is 2.06. The molecule has 0 aliphatic rings. The summed E-state index contributed by atoms with van der Waals surface area (Å²) in [4.78, 5) is 8.35. The molecule has 2 aromatic heterocycles. The highest BCUT2D eigenvalue weighted by molar-refractivity contribution is 5.98. The van der Waals surface area contributed by atoms with Crippen molar-refractivity contribution >= 4 is 33.8 Å². The van der Waals surface area contributed by atoms with Crippen molar-refractivity contribution in [3.8, 4) is 0 Å². The van der Waals surface area contributed by atoms with Crippen LogP contribution in [0.4, 0.5) is 17.3 Å². The van der Waals surface area contributed by atoms with E-state index in [2.05, 4.69) is 20.2 Å². The van der Waals surface area contributed by atoms with Gasteiger partial charge in [0.25, 0.3) is 0 Å². The lowest BCUT2D eigenvalue weighted by atomic mass is 10.1. The second kappa shape index (κ2) is 6.31. The molecule has 0 unspecified atom stereocenters. The number of hydrogen-bond donors (Lipinski definition) is 2. The van der Waals surface area contributed by atoms with Crippen LogP contribution in [-0.2, 0) is 0 Å². The Morgan fingerprint density at radius 2 is 1.91 bits per heavy atom. The molecule has 23 heavy (non-hydrogen) atoms. The van der Waals surface area contributed by atoms with E-state index in [0.717, 1.165) is 16.3 Å². The fraction of sp³-hybridized carbons (Fsp3) is 0.118. The van der Waals surface area contributed by atoms with Gasteiger partial charge in [-0.25, -0.2) is 9.97 Å². The summed E-state index contributed by atoms with van der Waals surface area (Å²) in [5.74, 6) is 0.793. The van der Waals surface area contributed by atoms with Crippen molar-refractivity contribution in [3.63, 3.8) is 0 Å². The molecule has 3 aromatic rings. The quantitative estimate of drug-likeness (QED) is 0.551. The minimum atomic E-state index is 0.330. The lowest BCUT2D eigenvalue weighted by Gasteiger charge is -2.03. The van der Waals surface area contributed by atoms with Crippen molar-refractivity contribution < 1.29 is 0 Å². The Morgan fingerprint density at radius 3 is 2.65 bits per heavy atom. The van der Waals surface area contributed by atoms with Gasteiger partial charge in [0, 0.05) is 34.4 Å². The van der Waals surface area contributed by atoms with Gasteiger partial charge in [0.1, 0.15) is 5.69 Å². The van der Waals surface area contributed by atoms with Crippen LogP contribution in [0.1, 0.15) is 18.9 Å². The average Bonchev–Trinajstić information content (AvgIpc) is 2.60. The van der Waals surface area contributed by atoms with Crippen LogP contribution >= 0.6 is 0 Å². The predicted octanol–water partition coefficient (Wildman–Crippen LogP) is 4.41. The molecule has 114 valence electrons. The van der Waals surface area contributed by atoms with E-state index in [1.807, 2.05) is 37.3 Å². The van der Waals surface area contributed by atoms with E-state index in [1.54, 1.807) is 18.5 Å². The number of nitrogens with one attached hydrogen (secondary N) is 1. The number of rotatable bonds is 4. The summed E-state index contributed by atoms with van der Waals surface area (Å²) in [6.07, 6.45) is 4.01. The number of nitrogens with zero attached hydrogens (tertiary/aromatic N) is 4. The monoisotopic (exact) mass is 304 g/mol. The highest BCUT2D eigenvalue weighted by Crippen LogP contribution is 2.31. The second-order valence-electron chi connectivity index (χ2n) is 5.02. The Hall–Kier alpha value is -3.15. The van der Waals surface area contributed by atoms with Crippen molar-refractivity contribution in [2.24, 2.45) is 10.2 Å². The van der Waals surface area contributed by atoms with Gasteiger partial charge in [-0.1, -0.05) is 31.2 Å². The van der Waals surface area contributed by atoms with E-state index in [0.29, 0.717) is 29.5 Å². The summed E-state index contributed by atoms with van der Waals surface area (Å²) in [6, 6.07) is 11.3. The Bertz CT molecular complexity index is 883. The third-order valence-corrected chi connectivity index (χ3v) is 3.50. The molecule has 3 N–H and O–H groups in total. The number of benzene rings is 1. The summed E-state index contributed by atoms with van der Waals surface area (Å²) in [6.45, 7) is 1.94. The van der Waals surface area contributed by atoms with Crippen LogP contribution in [0.3, 0.4) is 0 Å². The Labute approximate surface area is 133 Å². The maximum atomic E-state index is 7.78. The molecule has 0 radical (unpaired) electrons. The smallest absolute Gasteiger partial charge is 0.174 e. The van der Waals surface area contributed by atoms with E-state index in [1.165, 1.54) is 0 Å². The van der Waals surface area contributed by atoms with Gasteiger partial charge in [0.15, 0.2) is 11.6 Å². The van der Waals surface area contributed by atoms with E-state index < -0.39 is 0 Å². The van der Waals surface area contributed by atoms with Gasteiger partial charge in [0.05, 0.1) is 0 Å². The SMILES string of the molecule is CCC(=N)c1ccc(N=Nc2c(N)ncc3ccccc23)nc1. The lowest BCUT2D eigenvalue weighted by molar-refractivity contribution is 1.14. The molecule has 0 spiro atoms. The molecule has 0 atom stereocenters. The predicted molar refractivity (Wildman–Crippen MR) is 91.7 cm³/mol. The number of aromatic nitrogens is 2. The van der Waals surface area contributed by atoms with Crippen molar-refractivity contribution in [3.05, 3.63) is 54.4 Å². The van der Waals surface area contributed by atoms with Gasteiger partial charge < -0.3 is 11.1 Å². The zero-order valence-corrected chi connectivity index (χ0v) is 12.7. The molecule has 0 bridgehead atoms. The van der Waals surface area contributed by atoms with Crippen molar-refractivity contribution in [1.82, 2.24) is 9.97 Å². The van der Waals surface area contributed by atoms with Crippen molar-refractivity contribution in [2.75, 3.05) is 5.73 Å². The first-order valence-corrected chi connectivity index (χ1v) is 7.28. The number of anilines is 1. The van der Waals surface area contributed by atoms with Crippen LogP contribution in [0.25, 0.3) is 10.8 Å². The first-order valence-electron chi connectivity index (χ1n) is 7.28. The van der Waals surface area contributed by atoms with E-state index >= 15 is 0 Å². The molecule has 3 rings (SSSR count). The zero-order chi connectivity index (χ0) is 16.2. The summed E-state index contributed by atoms with van der Waals surface area (Å²) in [7, 11) is 0. The maximum absolute atomic E-state index is 7.78. The molecule has 6 nitrogen and oxygen atoms in total. The van der Waals surface area contributed by atoms with Crippen LogP contribution < -0.4 is 5.73 Å². The first kappa shape index (κ1) is 14.8. The largest absolute Gasteiger partial charge is 0.382 e. The van der Waals surface area contributed by atoms with Gasteiger partial charge in [0.2, 0.25) is 0 Å². The summed E-state index contributed by atoms with van der Waals surface area (Å²) < 4.78 is 0. The molecule has 0 saturated heterocycles. The van der Waals surface area contributed by atoms with Crippen LogP contribution in [0.2, 0.25) is 0 Å². The van der Waals surface area contributed by atoms with Gasteiger partial charge in [-0.3, -0.25) is 0 Å².